The van der Waals surface area contributed by atoms with Gasteiger partial charge in [-0.15, -0.1) is 13.2 Å². The lowest BCUT2D eigenvalue weighted by Gasteiger charge is -2.66. The minimum Gasteiger partial charge on any atom is -0.394 e. The SMILES string of the molecule is C=C[C@H](CC[C@@H](O[C@H]1C[C@@H](O)C[C@@H](CO[C@@H]2C[C@@H](O)C[C@@H](CO)O2)O1)C(C)(C)O)[C@H]1CC[C@@]2(C=C)C3CC=C4C(CC[C@H](O[C@H]5C[C@@H](O)C[C@@H](CO)O5)C4(C)C)[C@]3(C)CC[C@]12C. The molecule has 3 saturated heterocycles. The molecule has 4 aliphatic carbocycles. The molecular weight excluding hydrogens is 793 g/mol. The van der Waals surface area contributed by atoms with Crippen molar-refractivity contribution in [2.24, 2.45) is 45.3 Å². The fourth-order valence-electron chi connectivity index (χ4n) is 14.2. The van der Waals surface area contributed by atoms with Crippen LogP contribution in [-0.2, 0) is 28.4 Å². The Morgan fingerprint density at radius 3 is 2.03 bits per heavy atom. The molecule has 3 heterocycles. The highest BCUT2D eigenvalue weighted by molar-refractivity contribution is 5.32. The molecule has 0 bridgehead atoms. The molecule has 6 fully saturated rings. The summed E-state index contributed by atoms with van der Waals surface area (Å²) in [6, 6.07) is 0. The Morgan fingerprint density at radius 1 is 0.790 bits per heavy atom. The van der Waals surface area contributed by atoms with Crippen molar-refractivity contribution in [3.05, 3.63) is 37.0 Å². The van der Waals surface area contributed by atoms with Crippen molar-refractivity contribution >= 4 is 0 Å². The summed E-state index contributed by atoms with van der Waals surface area (Å²) in [5.41, 5.74) is 0.237. The molecule has 62 heavy (non-hydrogen) atoms. The Labute approximate surface area is 371 Å². The van der Waals surface area contributed by atoms with E-state index in [1.807, 2.05) is 0 Å². The van der Waals surface area contributed by atoms with E-state index in [1.54, 1.807) is 13.8 Å². The van der Waals surface area contributed by atoms with E-state index in [2.05, 4.69) is 59.1 Å². The van der Waals surface area contributed by atoms with Gasteiger partial charge >= 0.3 is 0 Å². The van der Waals surface area contributed by atoms with Gasteiger partial charge in [0.25, 0.3) is 0 Å². The largest absolute Gasteiger partial charge is 0.394 e. The number of ether oxygens (including phenoxy) is 6. The number of aliphatic hydroxyl groups is 6. The predicted molar refractivity (Wildman–Crippen MR) is 234 cm³/mol. The molecule has 0 spiro atoms. The van der Waals surface area contributed by atoms with Gasteiger partial charge in [0.2, 0.25) is 0 Å². The Morgan fingerprint density at radius 2 is 1.40 bits per heavy atom. The maximum atomic E-state index is 11.5. The van der Waals surface area contributed by atoms with Crippen LogP contribution in [0.1, 0.15) is 138 Å². The molecule has 18 atom stereocenters. The van der Waals surface area contributed by atoms with Gasteiger partial charge in [0, 0.05) is 43.9 Å². The first kappa shape index (κ1) is 48.7. The third-order valence-electron chi connectivity index (χ3n) is 17.6. The zero-order valence-electron chi connectivity index (χ0n) is 38.7. The van der Waals surface area contributed by atoms with E-state index in [0.717, 1.165) is 51.4 Å². The van der Waals surface area contributed by atoms with Gasteiger partial charge in [0.1, 0.15) is 0 Å². The molecule has 12 heteroatoms. The number of fused-ring (bicyclic) bond motifs is 5. The average molecular weight is 875 g/mol. The molecule has 354 valence electrons. The third-order valence-corrected chi connectivity index (χ3v) is 17.6. The van der Waals surface area contributed by atoms with Crippen LogP contribution < -0.4 is 0 Å². The van der Waals surface area contributed by atoms with Crippen LogP contribution >= 0.6 is 0 Å². The summed E-state index contributed by atoms with van der Waals surface area (Å²) >= 11 is 0. The fourth-order valence-corrected chi connectivity index (χ4v) is 14.2. The Bertz CT molecular complexity index is 1560. The summed E-state index contributed by atoms with van der Waals surface area (Å²) in [6.07, 6.45) is 12.4. The van der Waals surface area contributed by atoms with Crippen molar-refractivity contribution < 1.29 is 59.1 Å². The zero-order valence-corrected chi connectivity index (χ0v) is 38.7. The lowest BCUT2D eigenvalue weighted by Crippen LogP contribution is -2.59. The fraction of sp³-hybridized carbons (Fsp3) is 0.880. The van der Waals surface area contributed by atoms with Gasteiger partial charge in [-0.1, -0.05) is 51.5 Å². The first-order valence-corrected chi connectivity index (χ1v) is 24.1. The van der Waals surface area contributed by atoms with Crippen LogP contribution in [0.4, 0.5) is 0 Å². The summed E-state index contributed by atoms with van der Waals surface area (Å²) in [5, 5.41) is 62.3. The molecule has 3 saturated carbocycles. The van der Waals surface area contributed by atoms with E-state index in [0.29, 0.717) is 56.3 Å². The van der Waals surface area contributed by atoms with Crippen molar-refractivity contribution in [2.45, 2.75) is 211 Å². The molecule has 7 rings (SSSR count). The number of hydrogen-bond acceptors (Lipinski definition) is 12. The minimum atomic E-state index is -1.16. The number of allylic oxidation sites excluding steroid dienone is 3. The maximum Gasteiger partial charge on any atom is 0.161 e. The van der Waals surface area contributed by atoms with Gasteiger partial charge in [-0.05, 0) is 112 Å². The van der Waals surface area contributed by atoms with Crippen molar-refractivity contribution in [1.29, 1.82) is 0 Å². The van der Waals surface area contributed by atoms with Crippen LogP contribution in [0.15, 0.2) is 37.0 Å². The normalized spacial score (nSPS) is 45.5. The van der Waals surface area contributed by atoms with Crippen LogP contribution in [0.3, 0.4) is 0 Å². The lowest BCUT2D eigenvalue weighted by atomic mass is 9.38. The van der Waals surface area contributed by atoms with Crippen molar-refractivity contribution in [1.82, 2.24) is 0 Å². The summed E-state index contributed by atoms with van der Waals surface area (Å²) < 4.78 is 37.3. The quantitative estimate of drug-likeness (QED) is 0.0933. The highest BCUT2D eigenvalue weighted by Crippen LogP contribution is 2.75. The minimum absolute atomic E-state index is 0.0194. The molecule has 0 aromatic heterocycles. The molecular formula is C50H82O12. The second kappa shape index (κ2) is 19.2. The van der Waals surface area contributed by atoms with Gasteiger partial charge in [-0.25, -0.2) is 0 Å². The number of hydrogen-bond donors (Lipinski definition) is 6. The summed E-state index contributed by atoms with van der Waals surface area (Å²) in [5.74, 6) is 1.50. The zero-order chi connectivity index (χ0) is 44.8. The van der Waals surface area contributed by atoms with Crippen molar-refractivity contribution in [2.75, 3.05) is 19.8 Å². The van der Waals surface area contributed by atoms with Crippen LogP contribution in [-0.4, -0.2) is 124 Å². The van der Waals surface area contributed by atoms with Gasteiger partial charge < -0.3 is 59.1 Å². The molecule has 0 aromatic rings. The van der Waals surface area contributed by atoms with E-state index in [1.165, 1.54) is 5.57 Å². The molecule has 0 amide bonds. The van der Waals surface area contributed by atoms with E-state index in [-0.39, 0.29) is 59.9 Å². The smallest absolute Gasteiger partial charge is 0.161 e. The number of rotatable bonds is 16. The molecule has 6 N–H and O–H groups in total. The van der Waals surface area contributed by atoms with E-state index in [4.69, 9.17) is 28.4 Å². The topological polar surface area (TPSA) is 177 Å². The second-order valence-electron chi connectivity index (χ2n) is 22.1. The first-order valence-electron chi connectivity index (χ1n) is 24.1. The van der Waals surface area contributed by atoms with Crippen LogP contribution in [0.5, 0.6) is 0 Å². The molecule has 3 aliphatic heterocycles. The van der Waals surface area contributed by atoms with E-state index in [9.17, 15) is 30.6 Å². The summed E-state index contributed by atoms with van der Waals surface area (Å²) in [6.45, 7) is 22.2. The Hall–Kier alpha value is -1.26. The van der Waals surface area contributed by atoms with Crippen LogP contribution in [0.25, 0.3) is 0 Å². The van der Waals surface area contributed by atoms with Crippen LogP contribution in [0.2, 0.25) is 0 Å². The maximum absolute atomic E-state index is 11.5. The van der Waals surface area contributed by atoms with Crippen LogP contribution in [0, 0.1) is 45.3 Å². The summed E-state index contributed by atoms with van der Waals surface area (Å²) in [4.78, 5) is 0. The first-order chi connectivity index (χ1) is 29.3. The Kier molecular flexibility index (Phi) is 15.0. The third kappa shape index (κ3) is 9.48. The highest BCUT2D eigenvalue weighted by atomic mass is 16.7. The van der Waals surface area contributed by atoms with E-state index >= 15 is 0 Å². The van der Waals surface area contributed by atoms with Crippen molar-refractivity contribution in [3.63, 3.8) is 0 Å². The van der Waals surface area contributed by atoms with Gasteiger partial charge in [0.05, 0.1) is 74.3 Å². The molecule has 12 nitrogen and oxygen atoms in total. The average Bonchev–Trinajstić information content (AvgIpc) is 3.52. The molecule has 2 unspecified atom stereocenters. The summed E-state index contributed by atoms with van der Waals surface area (Å²) in [7, 11) is 0. The second-order valence-corrected chi connectivity index (χ2v) is 22.1. The monoisotopic (exact) mass is 875 g/mol. The van der Waals surface area contributed by atoms with Gasteiger partial charge in [-0.3, -0.25) is 0 Å². The molecule has 7 aliphatic rings. The van der Waals surface area contributed by atoms with Gasteiger partial charge in [0.15, 0.2) is 18.9 Å². The number of aliphatic hydroxyl groups excluding tert-OH is 5. The molecule has 0 radical (unpaired) electrons. The van der Waals surface area contributed by atoms with Crippen molar-refractivity contribution in [3.8, 4) is 0 Å². The Balaban J connectivity index is 1.01. The highest BCUT2D eigenvalue weighted by Gasteiger charge is 2.68. The standard InChI is InChI=1S/C50H82O12/c1-9-30(11-15-42(47(5,6)56)62-45-26-33(55)23-36(60-45)29-57-43-24-31(53)21-34(27-51)58-43)37-17-18-50(10-2)40-14-12-38-39(48(40,7)19-20-49(37,50)8)13-16-41(46(38,3)4)61-44-25-32(54)22-35(28-52)59-44/h9-10,12,30-37,39-45,51-56H,1-2,11,13-29H2,3-8H3/t30-,31+,32+,33+,34+,35+,36+,37-,39?,40?,41+,42-,43+,44+,45+,48+,49-,50+/m1/s1. The predicted octanol–water partition coefficient (Wildman–Crippen LogP) is 6.48. The van der Waals surface area contributed by atoms with Gasteiger partial charge in [-0.2, -0.15) is 0 Å². The van der Waals surface area contributed by atoms with E-state index < -0.39 is 67.2 Å². The lowest BCUT2D eigenvalue weighted by molar-refractivity contribution is -0.279. The molecule has 0 aromatic carbocycles.